The molecule has 1 heterocycles. The van der Waals surface area contributed by atoms with E-state index >= 15 is 0 Å². The summed E-state index contributed by atoms with van der Waals surface area (Å²) in [6.07, 6.45) is 0. The van der Waals surface area contributed by atoms with Gasteiger partial charge in [-0.2, -0.15) is 0 Å². The standard InChI is InChI=1S/C22H26ClFN4O2/c1-15(2)25-22(30)26-17-6-3-5-16(13-17)21(29)28-11-9-27(10-12-28)14-18-19(23)7-4-8-20(18)24/h3-8,13,15H,9-12,14H2,1-2H3,(H2,25,26,30). The lowest BCUT2D eigenvalue weighted by Crippen LogP contribution is -2.48. The third-order valence-electron chi connectivity index (χ3n) is 4.89. The van der Waals surface area contributed by atoms with Gasteiger partial charge in [-0.25, -0.2) is 9.18 Å². The summed E-state index contributed by atoms with van der Waals surface area (Å²) in [7, 11) is 0. The lowest BCUT2D eigenvalue weighted by atomic mass is 10.1. The third kappa shape index (κ3) is 5.70. The Kier molecular flexibility index (Phi) is 7.29. The second-order valence-electron chi connectivity index (χ2n) is 7.60. The molecule has 0 bridgehead atoms. The molecule has 2 aromatic carbocycles. The molecule has 3 amide bonds. The van der Waals surface area contributed by atoms with Crippen molar-refractivity contribution < 1.29 is 14.0 Å². The molecule has 1 aliphatic rings. The van der Waals surface area contributed by atoms with Gasteiger partial charge in [0.25, 0.3) is 5.91 Å². The fourth-order valence-corrected chi connectivity index (χ4v) is 3.58. The Labute approximate surface area is 181 Å². The van der Waals surface area contributed by atoms with Crippen molar-refractivity contribution in [3.8, 4) is 0 Å². The van der Waals surface area contributed by atoms with E-state index in [9.17, 15) is 14.0 Å². The molecule has 0 saturated carbocycles. The van der Waals surface area contributed by atoms with E-state index in [2.05, 4.69) is 15.5 Å². The Bertz CT molecular complexity index is 894. The number of nitrogens with one attached hydrogen (secondary N) is 2. The summed E-state index contributed by atoms with van der Waals surface area (Å²) in [5.41, 5.74) is 1.56. The number of halogens is 2. The smallest absolute Gasteiger partial charge is 0.319 e. The molecule has 160 valence electrons. The molecule has 2 N–H and O–H groups in total. The van der Waals surface area contributed by atoms with Gasteiger partial charge in [-0.05, 0) is 44.2 Å². The number of benzene rings is 2. The van der Waals surface area contributed by atoms with Crippen molar-refractivity contribution in [1.82, 2.24) is 15.1 Å². The van der Waals surface area contributed by atoms with Crippen molar-refractivity contribution >= 4 is 29.2 Å². The van der Waals surface area contributed by atoms with Crippen molar-refractivity contribution in [2.24, 2.45) is 0 Å². The van der Waals surface area contributed by atoms with Crippen LogP contribution in [0.2, 0.25) is 5.02 Å². The highest BCUT2D eigenvalue weighted by Crippen LogP contribution is 2.22. The van der Waals surface area contributed by atoms with E-state index < -0.39 is 0 Å². The lowest BCUT2D eigenvalue weighted by molar-refractivity contribution is 0.0627. The van der Waals surface area contributed by atoms with E-state index in [4.69, 9.17) is 11.6 Å². The fraction of sp³-hybridized carbons (Fsp3) is 0.364. The minimum Gasteiger partial charge on any atom is -0.336 e. The van der Waals surface area contributed by atoms with Gasteiger partial charge in [-0.1, -0.05) is 23.7 Å². The van der Waals surface area contributed by atoms with Crippen LogP contribution in [-0.4, -0.2) is 54.0 Å². The predicted molar refractivity (Wildman–Crippen MR) is 116 cm³/mol. The number of carbonyl (C=O) groups excluding carboxylic acids is 2. The molecule has 0 radical (unpaired) electrons. The second-order valence-corrected chi connectivity index (χ2v) is 8.01. The monoisotopic (exact) mass is 432 g/mol. The van der Waals surface area contributed by atoms with Crippen LogP contribution in [0.4, 0.5) is 14.9 Å². The Morgan fingerprint density at radius 2 is 1.80 bits per heavy atom. The molecule has 1 aliphatic heterocycles. The first-order chi connectivity index (χ1) is 14.3. The van der Waals surface area contributed by atoms with Crippen LogP contribution in [-0.2, 0) is 6.54 Å². The van der Waals surface area contributed by atoms with Gasteiger partial charge >= 0.3 is 6.03 Å². The molecule has 0 unspecified atom stereocenters. The van der Waals surface area contributed by atoms with Crippen molar-refractivity contribution in [3.05, 3.63) is 64.4 Å². The molecular weight excluding hydrogens is 407 g/mol. The molecule has 0 atom stereocenters. The largest absolute Gasteiger partial charge is 0.336 e. The summed E-state index contributed by atoms with van der Waals surface area (Å²) >= 11 is 6.12. The summed E-state index contributed by atoms with van der Waals surface area (Å²) in [5, 5.41) is 5.90. The summed E-state index contributed by atoms with van der Waals surface area (Å²) < 4.78 is 14.0. The van der Waals surface area contributed by atoms with Gasteiger partial charge in [0, 0.05) is 60.6 Å². The van der Waals surface area contributed by atoms with E-state index in [1.54, 1.807) is 41.3 Å². The number of hydrogen-bond acceptors (Lipinski definition) is 3. The van der Waals surface area contributed by atoms with Gasteiger partial charge in [-0.15, -0.1) is 0 Å². The van der Waals surface area contributed by atoms with E-state index in [-0.39, 0.29) is 23.8 Å². The Morgan fingerprint density at radius 1 is 1.10 bits per heavy atom. The minimum atomic E-state index is -0.313. The zero-order valence-electron chi connectivity index (χ0n) is 17.1. The van der Waals surface area contributed by atoms with Crippen LogP contribution in [0.15, 0.2) is 42.5 Å². The molecule has 3 rings (SSSR count). The van der Waals surface area contributed by atoms with Gasteiger partial charge in [0.2, 0.25) is 0 Å². The molecule has 1 saturated heterocycles. The van der Waals surface area contributed by atoms with E-state index in [1.165, 1.54) is 6.07 Å². The van der Waals surface area contributed by atoms with Crippen LogP contribution in [0.25, 0.3) is 0 Å². The number of amides is 3. The number of anilines is 1. The molecule has 2 aromatic rings. The molecule has 8 heteroatoms. The maximum absolute atomic E-state index is 14.0. The van der Waals surface area contributed by atoms with Crippen LogP contribution >= 0.6 is 11.6 Å². The molecular formula is C22H26ClFN4O2. The predicted octanol–water partition coefficient (Wildman–Crippen LogP) is 3.97. The Balaban J connectivity index is 1.57. The number of piperazine rings is 1. The average molecular weight is 433 g/mol. The maximum atomic E-state index is 14.0. The summed E-state index contributed by atoms with van der Waals surface area (Å²) in [4.78, 5) is 28.6. The highest BCUT2D eigenvalue weighted by molar-refractivity contribution is 6.31. The highest BCUT2D eigenvalue weighted by atomic mass is 35.5. The molecule has 0 aromatic heterocycles. The quantitative estimate of drug-likeness (QED) is 0.751. The summed E-state index contributed by atoms with van der Waals surface area (Å²) in [5.74, 6) is -0.404. The molecule has 1 fully saturated rings. The van der Waals surface area contributed by atoms with Crippen molar-refractivity contribution in [3.63, 3.8) is 0 Å². The normalized spacial score (nSPS) is 14.6. The van der Waals surface area contributed by atoms with Gasteiger partial charge in [0.15, 0.2) is 0 Å². The molecule has 30 heavy (non-hydrogen) atoms. The third-order valence-corrected chi connectivity index (χ3v) is 5.24. The van der Waals surface area contributed by atoms with E-state index in [0.29, 0.717) is 54.6 Å². The fourth-order valence-electron chi connectivity index (χ4n) is 3.36. The van der Waals surface area contributed by atoms with E-state index in [1.807, 2.05) is 13.8 Å². The van der Waals surface area contributed by atoms with Crippen molar-refractivity contribution in [2.75, 3.05) is 31.5 Å². The first-order valence-electron chi connectivity index (χ1n) is 9.95. The molecule has 6 nitrogen and oxygen atoms in total. The topological polar surface area (TPSA) is 64.7 Å². The average Bonchev–Trinajstić information content (AvgIpc) is 2.70. The van der Waals surface area contributed by atoms with Crippen LogP contribution in [0.5, 0.6) is 0 Å². The zero-order chi connectivity index (χ0) is 21.7. The van der Waals surface area contributed by atoms with Gasteiger partial charge in [0.05, 0.1) is 0 Å². The SMILES string of the molecule is CC(C)NC(=O)Nc1cccc(C(=O)N2CCN(Cc3c(F)cccc3Cl)CC2)c1. The van der Waals surface area contributed by atoms with Crippen molar-refractivity contribution in [1.29, 1.82) is 0 Å². The highest BCUT2D eigenvalue weighted by Gasteiger charge is 2.23. The van der Waals surface area contributed by atoms with Crippen LogP contribution in [0.3, 0.4) is 0 Å². The van der Waals surface area contributed by atoms with Crippen LogP contribution < -0.4 is 10.6 Å². The lowest BCUT2D eigenvalue weighted by Gasteiger charge is -2.35. The molecule has 0 aliphatic carbocycles. The Morgan fingerprint density at radius 3 is 2.47 bits per heavy atom. The Hall–Kier alpha value is -2.64. The number of rotatable bonds is 5. The minimum absolute atomic E-state index is 0.0188. The number of hydrogen-bond donors (Lipinski definition) is 2. The first kappa shape index (κ1) is 22.1. The maximum Gasteiger partial charge on any atom is 0.319 e. The van der Waals surface area contributed by atoms with E-state index in [0.717, 1.165) is 0 Å². The number of nitrogens with zero attached hydrogens (tertiary/aromatic N) is 2. The summed E-state index contributed by atoms with van der Waals surface area (Å²) in [6.45, 7) is 6.50. The van der Waals surface area contributed by atoms with Gasteiger partial charge in [0.1, 0.15) is 5.82 Å². The van der Waals surface area contributed by atoms with Gasteiger partial charge in [-0.3, -0.25) is 9.69 Å². The number of carbonyl (C=O) groups is 2. The van der Waals surface area contributed by atoms with Crippen LogP contribution in [0, 0.1) is 5.82 Å². The van der Waals surface area contributed by atoms with Crippen molar-refractivity contribution in [2.45, 2.75) is 26.4 Å². The molecule has 0 spiro atoms. The van der Waals surface area contributed by atoms with Gasteiger partial charge < -0.3 is 15.5 Å². The second kappa shape index (κ2) is 9.91. The summed E-state index contributed by atoms with van der Waals surface area (Å²) in [6, 6.07) is 11.3. The van der Waals surface area contributed by atoms with Crippen LogP contribution in [0.1, 0.15) is 29.8 Å². The first-order valence-corrected chi connectivity index (χ1v) is 10.3. The number of urea groups is 1. The zero-order valence-corrected chi connectivity index (χ0v) is 17.9.